The van der Waals surface area contributed by atoms with Crippen molar-refractivity contribution in [2.24, 2.45) is 18.0 Å². The molecule has 5 nitrogen and oxygen atoms in total. The number of likely N-dealkylation sites (tertiary alicyclic amines) is 1. The van der Waals surface area contributed by atoms with Crippen LogP contribution in [0.1, 0.15) is 50.6 Å². The van der Waals surface area contributed by atoms with E-state index in [0.29, 0.717) is 0 Å². The van der Waals surface area contributed by atoms with Crippen LogP contribution in [0.3, 0.4) is 0 Å². The number of nitrogens with one attached hydrogen (secondary N) is 1. The largest absolute Gasteiger partial charge is 0.352 e. The molecule has 0 radical (unpaired) electrons. The number of nitrogens with zero attached hydrogens (tertiary/aromatic N) is 4. The molecule has 2 heterocycles. The number of aliphatic imine (C=N–C) groups is 1. The summed E-state index contributed by atoms with van der Waals surface area (Å²) in [6.07, 6.45) is 4.51. The summed E-state index contributed by atoms with van der Waals surface area (Å²) in [6, 6.07) is 0. The van der Waals surface area contributed by atoms with E-state index in [1.54, 1.807) is 0 Å². The molecule has 0 unspecified atom stereocenters. The molecule has 0 saturated carbocycles. The smallest absolute Gasteiger partial charge is 0.193 e. The van der Waals surface area contributed by atoms with Gasteiger partial charge in [-0.25, -0.2) is 0 Å². The summed E-state index contributed by atoms with van der Waals surface area (Å²) in [6.45, 7) is 9.74. The Morgan fingerprint density at radius 2 is 1.95 bits per heavy atom. The molecule has 1 aliphatic rings. The predicted molar refractivity (Wildman–Crippen MR) is 92.1 cm³/mol. The molecule has 0 aromatic carbocycles. The first kappa shape index (κ1) is 16.8. The van der Waals surface area contributed by atoms with E-state index in [1.807, 2.05) is 18.8 Å². The maximum absolute atomic E-state index is 4.65. The highest BCUT2D eigenvalue weighted by Gasteiger charge is 2.20. The molecule has 1 aromatic heterocycles. The van der Waals surface area contributed by atoms with Crippen LogP contribution in [0, 0.1) is 5.92 Å². The van der Waals surface area contributed by atoms with Gasteiger partial charge < -0.3 is 10.2 Å². The third kappa shape index (κ3) is 3.62. The Balaban J connectivity index is 2.05. The van der Waals surface area contributed by atoms with Crippen molar-refractivity contribution in [3.63, 3.8) is 0 Å². The Kier molecular flexibility index (Phi) is 5.86. The number of hydrogen-bond donors (Lipinski definition) is 1. The van der Waals surface area contributed by atoms with Gasteiger partial charge in [-0.1, -0.05) is 20.8 Å². The first-order valence-corrected chi connectivity index (χ1v) is 8.59. The van der Waals surface area contributed by atoms with Crippen molar-refractivity contribution in [3.8, 4) is 0 Å². The first-order chi connectivity index (χ1) is 10.6. The van der Waals surface area contributed by atoms with Gasteiger partial charge in [0.1, 0.15) is 0 Å². The lowest BCUT2D eigenvalue weighted by Crippen LogP contribution is -2.45. The van der Waals surface area contributed by atoms with Gasteiger partial charge >= 0.3 is 0 Å². The molecule has 1 aliphatic heterocycles. The summed E-state index contributed by atoms with van der Waals surface area (Å²) < 4.78 is 2.03. The first-order valence-electron chi connectivity index (χ1n) is 8.59. The van der Waals surface area contributed by atoms with Gasteiger partial charge in [0.25, 0.3) is 0 Å². The van der Waals surface area contributed by atoms with Gasteiger partial charge in [0, 0.05) is 45.0 Å². The highest BCUT2D eigenvalue weighted by molar-refractivity contribution is 5.80. The molecule has 1 aromatic rings. The van der Waals surface area contributed by atoms with Crippen LogP contribution in [0.15, 0.2) is 4.99 Å². The average Bonchev–Trinajstić information content (AvgIpc) is 2.84. The molecular weight excluding hydrogens is 274 g/mol. The molecule has 0 amide bonds. The maximum atomic E-state index is 4.65. The standard InChI is InChI=1S/C17H31N5/c1-6-15-14(16(7-2)21(5)20-15)12-19-17(18-4)22-10-8-13(3)9-11-22/h13H,6-12H2,1-5H3,(H,18,19). The van der Waals surface area contributed by atoms with Crippen molar-refractivity contribution in [3.05, 3.63) is 17.0 Å². The summed E-state index contributed by atoms with van der Waals surface area (Å²) in [5, 5.41) is 8.20. The lowest BCUT2D eigenvalue weighted by Gasteiger charge is -2.33. The number of aryl methyl sites for hydroxylation is 2. The predicted octanol–water partition coefficient (Wildman–Crippen LogP) is 2.35. The molecule has 2 rings (SSSR count). The molecule has 1 saturated heterocycles. The Morgan fingerprint density at radius 3 is 2.50 bits per heavy atom. The minimum absolute atomic E-state index is 0.818. The van der Waals surface area contributed by atoms with E-state index in [-0.39, 0.29) is 0 Å². The second-order valence-corrected chi connectivity index (χ2v) is 6.27. The number of aromatic nitrogens is 2. The van der Waals surface area contributed by atoms with Crippen molar-refractivity contribution in [1.29, 1.82) is 0 Å². The monoisotopic (exact) mass is 305 g/mol. The zero-order valence-electron chi connectivity index (χ0n) is 14.8. The quantitative estimate of drug-likeness (QED) is 0.686. The zero-order chi connectivity index (χ0) is 16.1. The van der Waals surface area contributed by atoms with Crippen LogP contribution in [0.5, 0.6) is 0 Å². The average molecular weight is 305 g/mol. The third-order valence-corrected chi connectivity index (χ3v) is 4.75. The van der Waals surface area contributed by atoms with Crippen molar-refractivity contribution >= 4 is 5.96 Å². The highest BCUT2D eigenvalue weighted by atomic mass is 15.3. The van der Waals surface area contributed by atoms with Crippen LogP contribution < -0.4 is 5.32 Å². The summed E-state index contributed by atoms with van der Waals surface area (Å²) in [5.41, 5.74) is 3.88. The molecular formula is C17H31N5. The maximum Gasteiger partial charge on any atom is 0.193 e. The van der Waals surface area contributed by atoms with E-state index >= 15 is 0 Å². The van der Waals surface area contributed by atoms with Crippen LogP contribution in [-0.2, 0) is 26.4 Å². The molecule has 1 N–H and O–H groups in total. The van der Waals surface area contributed by atoms with Gasteiger partial charge in [0.05, 0.1) is 5.69 Å². The molecule has 124 valence electrons. The highest BCUT2D eigenvalue weighted by Crippen LogP contribution is 2.17. The summed E-state index contributed by atoms with van der Waals surface area (Å²) >= 11 is 0. The van der Waals surface area contributed by atoms with Crippen LogP contribution in [0.4, 0.5) is 0 Å². The molecule has 0 spiro atoms. The van der Waals surface area contributed by atoms with Crippen molar-refractivity contribution in [2.45, 2.75) is 53.0 Å². The second-order valence-electron chi connectivity index (χ2n) is 6.27. The van der Waals surface area contributed by atoms with Gasteiger partial charge in [-0.15, -0.1) is 0 Å². The Bertz CT molecular complexity index is 509. The van der Waals surface area contributed by atoms with E-state index in [9.17, 15) is 0 Å². The topological polar surface area (TPSA) is 45.5 Å². The Hall–Kier alpha value is -1.52. The SMILES string of the molecule is CCc1nn(C)c(CC)c1CNC(=NC)N1CCC(C)CC1. The lowest BCUT2D eigenvalue weighted by atomic mass is 9.99. The van der Waals surface area contributed by atoms with Gasteiger partial charge in [0.2, 0.25) is 0 Å². The Morgan fingerprint density at radius 1 is 1.27 bits per heavy atom. The number of rotatable bonds is 4. The number of piperidine rings is 1. The van der Waals surface area contributed by atoms with E-state index in [1.165, 1.54) is 29.8 Å². The molecule has 0 bridgehead atoms. The Labute approximate surface area is 134 Å². The molecule has 0 atom stereocenters. The minimum Gasteiger partial charge on any atom is -0.352 e. The zero-order valence-corrected chi connectivity index (χ0v) is 14.8. The lowest BCUT2D eigenvalue weighted by molar-refractivity contribution is 0.273. The van der Waals surface area contributed by atoms with Gasteiger partial charge in [-0.05, 0) is 31.6 Å². The minimum atomic E-state index is 0.818. The molecule has 1 fully saturated rings. The van der Waals surface area contributed by atoms with E-state index < -0.39 is 0 Å². The van der Waals surface area contributed by atoms with Crippen LogP contribution in [-0.4, -0.2) is 40.8 Å². The fraction of sp³-hybridized carbons (Fsp3) is 0.765. The van der Waals surface area contributed by atoms with Gasteiger partial charge in [0.15, 0.2) is 5.96 Å². The van der Waals surface area contributed by atoms with Crippen molar-refractivity contribution in [1.82, 2.24) is 20.0 Å². The van der Waals surface area contributed by atoms with E-state index in [4.69, 9.17) is 0 Å². The fourth-order valence-corrected chi connectivity index (χ4v) is 3.31. The van der Waals surface area contributed by atoms with Gasteiger partial charge in [-0.3, -0.25) is 9.67 Å². The summed E-state index contributed by atoms with van der Waals surface area (Å²) in [5.74, 6) is 1.87. The molecule has 0 aliphatic carbocycles. The summed E-state index contributed by atoms with van der Waals surface area (Å²) in [7, 11) is 3.92. The van der Waals surface area contributed by atoms with Crippen molar-refractivity contribution < 1.29 is 0 Å². The van der Waals surface area contributed by atoms with Crippen LogP contribution >= 0.6 is 0 Å². The van der Waals surface area contributed by atoms with Gasteiger partial charge in [-0.2, -0.15) is 5.10 Å². The second kappa shape index (κ2) is 7.65. The van der Waals surface area contributed by atoms with E-state index in [0.717, 1.165) is 44.4 Å². The third-order valence-electron chi connectivity index (χ3n) is 4.75. The van der Waals surface area contributed by atoms with Crippen LogP contribution in [0.25, 0.3) is 0 Å². The molecule has 5 heteroatoms. The summed E-state index contributed by atoms with van der Waals surface area (Å²) in [4.78, 5) is 6.86. The van der Waals surface area contributed by atoms with E-state index in [2.05, 4.69) is 41.1 Å². The normalized spacial score (nSPS) is 17.1. The number of hydrogen-bond acceptors (Lipinski definition) is 2. The number of guanidine groups is 1. The fourth-order valence-electron chi connectivity index (χ4n) is 3.31. The molecule has 22 heavy (non-hydrogen) atoms. The van der Waals surface area contributed by atoms with Crippen molar-refractivity contribution in [2.75, 3.05) is 20.1 Å². The van der Waals surface area contributed by atoms with Crippen LogP contribution in [0.2, 0.25) is 0 Å².